The summed E-state index contributed by atoms with van der Waals surface area (Å²) in [5, 5.41) is 0. The Morgan fingerprint density at radius 2 is 1.96 bits per heavy atom. The van der Waals surface area contributed by atoms with Gasteiger partial charge in [-0.25, -0.2) is 0 Å². The van der Waals surface area contributed by atoms with Crippen LogP contribution < -0.4 is 10.5 Å². The highest BCUT2D eigenvalue weighted by Crippen LogP contribution is 2.29. The zero-order chi connectivity index (χ0) is 16.4. The van der Waals surface area contributed by atoms with E-state index in [1.807, 2.05) is 0 Å². The van der Waals surface area contributed by atoms with Crippen LogP contribution in [0.5, 0.6) is 5.75 Å². The summed E-state index contributed by atoms with van der Waals surface area (Å²) in [6.45, 7) is 0.187. The number of hydrogen-bond donors (Lipinski definition) is 1. The lowest BCUT2D eigenvalue weighted by Gasteiger charge is -2.28. The molecular formula is C15H20ClF3N2O2. The summed E-state index contributed by atoms with van der Waals surface area (Å²) in [4.78, 5) is 13.8. The number of amides is 1. The van der Waals surface area contributed by atoms with Gasteiger partial charge in [0.15, 0.2) is 0 Å². The molecule has 0 saturated heterocycles. The molecule has 8 heteroatoms. The number of halogens is 4. The Hall–Kier alpha value is -1.47. The Kier molecular flexibility index (Phi) is 6.30. The molecule has 0 radical (unpaired) electrons. The van der Waals surface area contributed by atoms with E-state index in [-0.39, 0.29) is 30.6 Å². The van der Waals surface area contributed by atoms with Gasteiger partial charge in [-0.05, 0) is 30.5 Å². The third-order valence-electron chi connectivity index (χ3n) is 3.82. The summed E-state index contributed by atoms with van der Waals surface area (Å²) in [5.74, 6) is -0.471. The van der Waals surface area contributed by atoms with Crippen molar-refractivity contribution in [2.45, 2.75) is 44.1 Å². The second kappa shape index (κ2) is 7.40. The molecule has 4 nitrogen and oxygen atoms in total. The fraction of sp³-hybridized carbons (Fsp3) is 0.533. The van der Waals surface area contributed by atoms with E-state index < -0.39 is 11.9 Å². The minimum atomic E-state index is -4.73. The number of ether oxygens (including phenoxy) is 1. The zero-order valence-corrected chi connectivity index (χ0v) is 13.5. The monoisotopic (exact) mass is 352 g/mol. The Labute approximate surface area is 139 Å². The lowest BCUT2D eigenvalue weighted by atomic mass is 9.97. The van der Waals surface area contributed by atoms with Crippen molar-refractivity contribution < 1.29 is 22.7 Å². The highest BCUT2D eigenvalue weighted by atomic mass is 35.5. The smallest absolute Gasteiger partial charge is 0.406 e. The first kappa shape index (κ1) is 19.6. The molecule has 1 aliphatic carbocycles. The number of benzene rings is 1. The maximum absolute atomic E-state index is 12.4. The molecule has 0 heterocycles. The third-order valence-corrected chi connectivity index (χ3v) is 3.82. The van der Waals surface area contributed by atoms with E-state index >= 15 is 0 Å². The summed E-state index contributed by atoms with van der Waals surface area (Å²) in [6.07, 6.45) is -1.59. The number of likely N-dealkylation sites (N-methyl/N-ethyl adjacent to an activating group) is 1. The summed E-state index contributed by atoms with van der Waals surface area (Å²) < 4.78 is 40.5. The molecule has 2 rings (SSSR count). The van der Waals surface area contributed by atoms with Crippen LogP contribution in [0.15, 0.2) is 24.3 Å². The van der Waals surface area contributed by atoms with Crippen molar-refractivity contribution in [3.05, 3.63) is 29.8 Å². The van der Waals surface area contributed by atoms with Crippen molar-refractivity contribution in [1.82, 2.24) is 4.90 Å². The van der Waals surface area contributed by atoms with Gasteiger partial charge in [0.2, 0.25) is 5.91 Å². The standard InChI is InChI=1S/C15H19F3N2O2.ClH/c1-20(13(21)14(19)7-2-3-8-14)10-11-5-4-6-12(9-11)22-15(16,17)18;/h4-6,9H,2-3,7-8,10,19H2,1H3;1H. The molecule has 1 aliphatic rings. The van der Waals surface area contributed by atoms with Crippen molar-refractivity contribution >= 4 is 18.3 Å². The van der Waals surface area contributed by atoms with Gasteiger partial charge in [-0.3, -0.25) is 4.79 Å². The molecule has 1 fully saturated rings. The lowest BCUT2D eigenvalue weighted by molar-refractivity contribution is -0.274. The van der Waals surface area contributed by atoms with Crippen LogP contribution in [0.2, 0.25) is 0 Å². The van der Waals surface area contributed by atoms with Crippen LogP contribution in [-0.4, -0.2) is 29.8 Å². The molecule has 0 bridgehead atoms. The van der Waals surface area contributed by atoms with Crippen LogP contribution in [0.3, 0.4) is 0 Å². The number of nitrogens with two attached hydrogens (primary N) is 1. The van der Waals surface area contributed by atoms with E-state index in [0.29, 0.717) is 18.4 Å². The topological polar surface area (TPSA) is 55.6 Å². The number of hydrogen-bond acceptors (Lipinski definition) is 3. The Morgan fingerprint density at radius 3 is 2.52 bits per heavy atom. The maximum atomic E-state index is 12.4. The molecule has 1 saturated carbocycles. The quantitative estimate of drug-likeness (QED) is 0.905. The minimum absolute atomic E-state index is 0. The fourth-order valence-corrected chi connectivity index (χ4v) is 2.79. The fourth-order valence-electron chi connectivity index (χ4n) is 2.79. The van der Waals surface area contributed by atoms with Gasteiger partial charge >= 0.3 is 6.36 Å². The van der Waals surface area contributed by atoms with Crippen molar-refractivity contribution in [2.75, 3.05) is 7.05 Å². The number of rotatable bonds is 4. The molecule has 1 aromatic rings. The average Bonchev–Trinajstić information content (AvgIpc) is 2.84. The Bertz CT molecular complexity index is 546. The zero-order valence-electron chi connectivity index (χ0n) is 12.7. The molecule has 0 unspecified atom stereocenters. The van der Waals surface area contributed by atoms with Crippen LogP contribution in [0.25, 0.3) is 0 Å². The third kappa shape index (κ3) is 5.28. The molecular weight excluding hydrogens is 333 g/mol. The predicted molar refractivity (Wildman–Crippen MR) is 82.2 cm³/mol. The SMILES string of the molecule is CN(Cc1cccc(OC(F)(F)F)c1)C(=O)C1(N)CCCC1.Cl. The van der Waals surface area contributed by atoms with Crippen LogP contribution in [-0.2, 0) is 11.3 Å². The van der Waals surface area contributed by atoms with Gasteiger partial charge in [0, 0.05) is 13.6 Å². The van der Waals surface area contributed by atoms with E-state index in [1.165, 1.54) is 23.1 Å². The highest BCUT2D eigenvalue weighted by molar-refractivity contribution is 5.86. The van der Waals surface area contributed by atoms with Gasteiger partial charge in [-0.15, -0.1) is 25.6 Å². The van der Waals surface area contributed by atoms with E-state index in [0.717, 1.165) is 12.8 Å². The number of nitrogens with zero attached hydrogens (tertiary/aromatic N) is 1. The predicted octanol–water partition coefficient (Wildman–Crippen LogP) is 3.24. The maximum Gasteiger partial charge on any atom is 0.573 e. The van der Waals surface area contributed by atoms with Crippen molar-refractivity contribution in [3.8, 4) is 5.75 Å². The van der Waals surface area contributed by atoms with Crippen molar-refractivity contribution in [2.24, 2.45) is 5.73 Å². The molecule has 0 atom stereocenters. The summed E-state index contributed by atoms with van der Waals surface area (Å²) in [5.41, 5.74) is 5.82. The molecule has 1 amide bonds. The molecule has 0 spiro atoms. The molecule has 23 heavy (non-hydrogen) atoms. The first-order chi connectivity index (χ1) is 10.2. The van der Waals surface area contributed by atoms with Crippen LogP contribution in [0, 0.1) is 0 Å². The number of carbonyl (C=O) groups excluding carboxylic acids is 1. The molecule has 2 N–H and O–H groups in total. The summed E-state index contributed by atoms with van der Waals surface area (Å²) in [6, 6.07) is 5.60. The first-order valence-corrected chi connectivity index (χ1v) is 7.09. The van der Waals surface area contributed by atoms with E-state index in [9.17, 15) is 18.0 Å². The summed E-state index contributed by atoms with van der Waals surface area (Å²) >= 11 is 0. The van der Waals surface area contributed by atoms with Crippen molar-refractivity contribution in [3.63, 3.8) is 0 Å². The van der Waals surface area contributed by atoms with Gasteiger partial charge in [0.1, 0.15) is 5.75 Å². The van der Waals surface area contributed by atoms with Gasteiger partial charge < -0.3 is 15.4 Å². The molecule has 0 aromatic heterocycles. The summed E-state index contributed by atoms with van der Waals surface area (Å²) in [7, 11) is 1.60. The average molecular weight is 353 g/mol. The normalized spacial score (nSPS) is 16.6. The van der Waals surface area contributed by atoms with E-state index in [4.69, 9.17) is 5.73 Å². The molecule has 0 aliphatic heterocycles. The van der Waals surface area contributed by atoms with Crippen molar-refractivity contribution in [1.29, 1.82) is 0 Å². The highest BCUT2D eigenvalue weighted by Gasteiger charge is 2.38. The number of alkyl halides is 3. The Morgan fingerprint density at radius 1 is 1.35 bits per heavy atom. The first-order valence-electron chi connectivity index (χ1n) is 7.09. The van der Waals surface area contributed by atoms with E-state index in [1.54, 1.807) is 13.1 Å². The van der Waals surface area contributed by atoms with Crippen LogP contribution in [0.1, 0.15) is 31.2 Å². The largest absolute Gasteiger partial charge is 0.573 e. The van der Waals surface area contributed by atoms with Gasteiger partial charge in [-0.1, -0.05) is 25.0 Å². The number of carbonyl (C=O) groups is 1. The van der Waals surface area contributed by atoms with Gasteiger partial charge in [0.25, 0.3) is 0 Å². The minimum Gasteiger partial charge on any atom is -0.406 e. The Balaban J connectivity index is 0.00000264. The molecule has 130 valence electrons. The van der Waals surface area contributed by atoms with E-state index in [2.05, 4.69) is 4.74 Å². The van der Waals surface area contributed by atoms with Gasteiger partial charge in [0.05, 0.1) is 5.54 Å². The van der Waals surface area contributed by atoms with Gasteiger partial charge in [-0.2, -0.15) is 0 Å². The second-order valence-corrected chi connectivity index (χ2v) is 5.72. The second-order valence-electron chi connectivity index (χ2n) is 5.72. The molecule has 1 aromatic carbocycles. The van der Waals surface area contributed by atoms with Crippen LogP contribution in [0.4, 0.5) is 13.2 Å². The lowest BCUT2D eigenvalue weighted by Crippen LogP contribution is -2.52. The van der Waals surface area contributed by atoms with Crippen LogP contribution >= 0.6 is 12.4 Å².